The predicted octanol–water partition coefficient (Wildman–Crippen LogP) is 2.69. The molecule has 0 spiro atoms. The van der Waals surface area contributed by atoms with Crippen LogP contribution in [-0.4, -0.2) is 28.9 Å². The number of hydrogen-bond donors (Lipinski definition) is 1. The maximum absolute atomic E-state index is 12.3. The number of pyridine rings is 1. The summed E-state index contributed by atoms with van der Waals surface area (Å²) in [6.45, 7) is 4.07. The van der Waals surface area contributed by atoms with Gasteiger partial charge < -0.3 is 10.6 Å². The molecule has 0 bridgehead atoms. The molecular formula is C15H19N3O. The van der Waals surface area contributed by atoms with Crippen LogP contribution < -0.4 is 5.73 Å². The standard InChI is InChI=1S/C15H19N3O/c1-4-10(2)18(3)15(19)14-9-12(16)11-7-5-6-8-13(11)17-14/h5-10H,4H2,1-3H3,(H2,16,17). The minimum absolute atomic E-state index is 0.0909. The molecule has 1 amide bonds. The maximum atomic E-state index is 12.3. The van der Waals surface area contributed by atoms with Crippen LogP contribution in [0.4, 0.5) is 5.69 Å². The van der Waals surface area contributed by atoms with Crippen LogP contribution in [0.3, 0.4) is 0 Å². The normalized spacial score (nSPS) is 12.4. The van der Waals surface area contributed by atoms with Crippen LogP contribution in [0, 0.1) is 0 Å². The highest BCUT2D eigenvalue weighted by atomic mass is 16.2. The number of nitrogens with two attached hydrogens (primary N) is 1. The van der Waals surface area contributed by atoms with E-state index in [2.05, 4.69) is 11.9 Å². The van der Waals surface area contributed by atoms with Gasteiger partial charge in [0.2, 0.25) is 0 Å². The average Bonchev–Trinajstić information content (AvgIpc) is 2.44. The Morgan fingerprint density at radius 3 is 2.79 bits per heavy atom. The fourth-order valence-electron chi connectivity index (χ4n) is 1.97. The number of fused-ring (bicyclic) bond motifs is 1. The van der Waals surface area contributed by atoms with E-state index in [0.717, 1.165) is 17.3 Å². The SMILES string of the molecule is CCC(C)N(C)C(=O)c1cc(N)c2ccccc2n1. The lowest BCUT2D eigenvalue weighted by atomic mass is 10.1. The van der Waals surface area contributed by atoms with Crippen LogP contribution in [0.1, 0.15) is 30.8 Å². The molecule has 1 aromatic heterocycles. The minimum Gasteiger partial charge on any atom is -0.398 e. The number of anilines is 1. The van der Waals surface area contributed by atoms with Gasteiger partial charge in [-0.3, -0.25) is 4.79 Å². The summed E-state index contributed by atoms with van der Waals surface area (Å²) in [5, 5.41) is 0.880. The number of carbonyl (C=O) groups excluding carboxylic acids is 1. The van der Waals surface area contributed by atoms with Crippen LogP contribution in [-0.2, 0) is 0 Å². The highest BCUT2D eigenvalue weighted by Gasteiger charge is 2.18. The van der Waals surface area contributed by atoms with Gasteiger partial charge in [0.15, 0.2) is 0 Å². The third-order valence-corrected chi connectivity index (χ3v) is 3.54. The number of nitrogens with zero attached hydrogens (tertiary/aromatic N) is 2. The molecule has 0 saturated carbocycles. The molecule has 0 saturated heterocycles. The van der Waals surface area contributed by atoms with Crippen molar-refractivity contribution in [3.63, 3.8) is 0 Å². The van der Waals surface area contributed by atoms with Gasteiger partial charge in [-0.1, -0.05) is 25.1 Å². The van der Waals surface area contributed by atoms with Crippen molar-refractivity contribution in [1.82, 2.24) is 9.88 Å². The van der Waals surface area contributed by atoms with E-state index in [4.69, 9.17) is 5.73 Å². The van der Waals surface area contributed by atoms with Gasteiger partial charge in [-0.05, 0) is 25.5 Å². The maximum Gasteiger partial charge on any atom is 0.272 e. The largest absolute Gasteiger partial charge is 0.398 e. The molecule has 1 aromatic carbocycles. The molecule has 2 rings (SSSR count). The highest BCUT2D eigenvalue weighted by molar-refractivity contribution is 5.99. The van der Waals surface area contributed by atoms with E-state index >= 15 is 0 Å². The smallest absolute Gasteiger partial charge is 0.272 e. The molecule has 0 aliphatic carbocycles. The average molecular weight is 257 g/mol. The second-order valence-corrected chi connectivity index (χ2v) is 4.79. The zero-order valence-corrected chi connectivity index (χ0v) is 11.6. The lowest BCUT2D eigenvalue weighted by Gasteiger charge is -2.23. The number of benzene rings is 1. The highest BCUT2D eigenvalue weighted by Crippen LogP contribution is 2.21. The molecule has 1 heterocycles. The second kappa shape index (κ2) is 5.26. The van der Waals surface area contributed by atoms with Gasteiger partial charge in [0.25, 0.3) is 5.91 Å². The summed E-state index contributed by atoms with van der Waals surface area (Å²) in [5.74, 6) is -0.0909. The van der Waals surface area contributed by atoms with Crippen molar-refractivity contribution < 1.29 is 4.79 Å². The first-order chi connectivity index (χ1) is 9.04. The van der Waals surface area contributed by atoms with Crippen molar-refractivity contribution >= 4 is 22.5 Å². The third kappa shape index (κ3) is 2.52. The summed E-state index contributed by atoms with van der Waals surface area (Å²) in [7, 11) is 1.80. The number of para-hydroxylation sites is 1. The molecule has 0 aliphatic heterocycles. The zero-order valence-electron chi connectivity index (χ0n) is 11.6. The summed E-state index contributed by atoms with van der Waals surface area (Å²) in [6.07, 6.45) is 0.908. The number of nitrogen functional groups attached to an aromatic ring is 1. The van der Waals surface area contributed by atoms with Gasteiger partial charge >= 0.3 is 0 Å². The first-order valence-electron chi connectivity index (χ1n) is 6.47. The molecule has 0 aliphatic rings. The van der Waals surface area contributed by atoms with Gasteiger partial charge in [-0.15, -0.1) is 0 Å². The molecular weight excluding hydrogens is 238 g/mol. The van der Waals surface area contributed by atoms with Gasteiger partial charge in [0.05, 0.1) is 5.52 Å². The van der Waals surface area contributed by atoms with Gasteiger partial charge in [-0.2, -0.15) is 0 Å². The minimum atomic E-state index is -0.0909. The molecule has 2 aromatic rings. The molecule has 1 unspecified atom stereocenters. The van der Waals surface area contributed by atoms with E-state index in [9.17, 15) is 4.79 Å². The Kier molecular flexibility index (Phi) is 3.69. The fraction of sp³-hybridized carbons (Fsp3) is 0.333. The Morgan fingerprint density at radius 2 is 2.11 bits per heavy atom. The molecule has 4 nitrogen and oxygen atoms in total. The molecule has 2 N–H and O–H groups in total. The van der Waals surface area contributed by atoms with Crippen LogP contribution >= 0.6 is 0 Å². The van der Waals surface area contributed by atoms with E-state index in [0.29, 0.717) is 11.4 Å². The second-order valence-electron chi connectivity index (χ2n) is 4.79. The van der Waals surface area contributed by atoms with Gasteiger partial charge in [0.1, 0.15) is 5.69 Å². The number of amides is 1. The van der Waals surface area contributed by atoms with E-state index < -0.39 is 0 Å². The number of hydrogen-bond acceptors (Lipinski definition) is 3. The van der Waals surface area contributed by atoms with Crippen molar-refractivity contribution in [2.75, 3.05) is 12.8 Å². The van der Waals surface area contributed by atoms with Crippen molar-refractivity contribution in [2.24, 2.45) is 0 Å². The number of carbonyl (C=O) groups is 1. The third-order valence-electron chi connectivity index (χ3n) is 3.54. The van der Waals surface area contributed by atoms with Crippen LogP contribution in [0.2, 0.25) is 0 Å². The first kappa shape index (κ1) is 13.3. The van der Waals surface area contributed by atoms with E-state index in [1.807, 2.05) is 31.2 Å². The molecule has 0 radical (unpaired) electrons. The summed E-state index contributed by atoms with van der Waals surface area (Å²) in [6, 6.07) is 9.41. The van der Waals surface area contributed by atoms with E-state index in [1.165, 1.54) is 0 Å². The Hall–Kier alpha value is -2.10. The van der Waals surface area contributed by atoms with E-state index in [-0.39, 0.29) is 11.9 Å². The molecule has 100 valence electrons. The topological polar surface area (TPSA) is 59.2 Å². The van der Waals surface area contributed by atoms with Crippen LogP contribution in [0.15, 0.2) is 30.3 Å². The Bertz CT molecular complexity index is 609. The summed E-state index contributed by atoms with van der Waals surface area (Å²) in [4.78, 5) is 18.5. The van der Waals surface area contributed by atoms with Crippen molar-refractivity contribution in [1.29, 1.82) is 0 Å². The first-order valence-corrected chi connectivity index (χ1v) is 6.47. The van der Waals surface area contributed by atoms with Crippen LogP contribution in [0.25, 0.3) is 10.9 Å². The van der Waals surface area contributed by atoms with Crippen LogP contribution in [0.5, 0.6) is 0 Å². The van der Waals surface area contributed by atoms with Gasteiger partial charge in [-0.25, -0.2) is 4.98 Å². The monoisotopic (exact) mass is 257 g/mol. The van der Waals surface area contributed by atoms with Crippen molar-refractivity contribution in [3.8, 4) is 0 Å². The quantitative estimate of drug-likeness (QED) is 0.919. The lowest BCUT2D eigenvalue weighted by molar-refractivity contribution is 0.0735. The summed E-state index contributed by atoms with van der Waals surface area (Å²) in [5.41, 5.74) is 7.74. The lowest BCUT2D eigenvalue weighted by Crippen LogP contribution is -2.35. The Balaban J connectivity index is 2.43. The number of aromatic nitrogens is 1. The molecule has 1 atom stereocenters. The Labute approximate surface area is 113 Å². The Morgan fingerprint density at radius 1 is 1.42 bits per heavy atom. The summed E-state index contributed by atoms with van der Waals surface area (Å²) < 4.78 is 0. The molecule has 19 heavy (non-hydrogen) atoms. The number of rotatable bonds is 3. The fourth-order valence-corrected chi connectivity index (χ4v) is 1.97. The molecule has 4 heteroatoms. The molecule has 0 fully saturated rings. The predicted molar refractivity (Wildman–Crippen MR) is 78.0 cm³/mol. The van der Waals surface area contributed by atoms with Crippen molar-refractivity contribution in [2.45, 2.75) is 26.3 Å². The van der Waals surface area contributed by atoms with Gasteiger partial charge in [0, 0.05) is 24.2 Å². The zero-order chi connectivity index (χ0) is 14.0. The van der Waals surface area contributed by atoms with E-state index in [1.54, 1.807) is 18.0 Å². The van der Waals surface area contributed by atoms with Crippen molar-refractivity contribution in [3.05, 3.63) is 36.0 Å². The summed E-state index contributed by atoms with van der Waals surface area (Å²) >= 11 is 0.